The van der Waals surface area contributed by atoms with E-state index in [4.69, 9.17) is 4.74 Å². The smallest absolute Gasteiger partial charge is 0.215 e. The molecule has 1 aromatic heterocycles. The highest BCUT2D eigenvalue weighted by Crippen LogP contribution is 2.19. The fourth-order valence-electron chi connectivity index (χ4n) is 2.07. The number of hydrogen-bond donors (Lipinski definition) is 1. The zero-order valence-corrected chi connectivity index (χ0v) is 13.7. The van der Waals surface area contributed by atoms with Crippen molar-refractivity contribution >= 4 is 21.4 Å². The van der Waals surface area contributed by atoms with Gasteiger partial charge in [-0.1, -0.05) is 29.8 Å². The Morgan fingerprint density at radius 1 is 1.33 bits per heavy atom. The summed E-state index contributed by atoms with van der Waals surface area (Å²) in [6.45, 7) is 2.18. The molecular formula is C15H19NO3S2. The predicted molar refractivity (Wildman–Crippen MR) is 85.9 cm³/mol. The molecule has 0 saturated heterocycles. The molecule has 0 amide bonds. The summed E-state index contributed by atoms with van der Waals surface area (Å²) >= 11 is 1.56. The minimum absolute atomic E-state index is 0.0191. The van der Waals surface area contributed by atoms with Gasteiger partial charge in [-0.25, -0.2) is 13.1 Å². The molecule has 0 spiro atoms. The minimum Gasteiger partial charge on any atom is -0.375 e. The Balaban J connectivity index is 1.98. The van der Waals surface area contributed by atoms with Crippen LogP contribution in [0.4, 0.5) is 0 Å². The Kier molecular flexibility index (Phi) is 5.52. The third-order valence-electron chi connectivity index (χ3n) is 3.13. The maximum atomic E-state index is 12.1. The van der Waals surface area contributed by atoms with E-state index in [1.54, 1.807) is 18.4 Å². The molecule has 1 N–H and O–H groups in total. The number of thiophene rings is 1. The van der Waals surface area contributed by atoms with Crippen LogP contribution in [-0.2, 0) is 20.5 Å². The van der Waals surface area contributed by atoms with Crippen molar-refractivity contribution in [2.45, 2.75) is 18.8 Å². The van der Waals surface area contributed by atoms with Crippen LogP contribution in [0.5, 0.6) is 0 Å². The lowest BCUT2D eigenvalue weighted by molar-refractivity contribution is 0.107. The van der Waals surface area contributed by atoms with E-state index in [2.05, 4.69) is 4.72 Å². The molecule has 2 rings (SSSR count). The molecule has 0 bridgehead atoms. The Morgan fingerprint density at radius 2 is 2.14 bits per heavy atom. The van der Waals surface area contributed by atoms with E-state index in [1.807, 2.05) is 48.0 Å². The average Bonchev–Trinajstić information content (AvgIpc) is 2.93. The second-order valence-corrected chi connectivity index (χ2v) is 7.46. The predicted octanol–water partition coefficient (Wildman–Crippen LogP) is 2.86. The van der Waals surface area contributed by atoms with Crippen LogP contribution in [0.2, 0.25) is 0 Å². The summed E-state index contributed by atoms with van der Waals surface area (Å²) in [5, 5.41) is 3.91. The van der Waals surface area contributed by atoms with Gasteiger partial charge in [-0.05, 0) is 34.9 Å². The molecule has 0 aliphatic carbocycles. The molecule has 1 atom stereocenters. The van der Waals surface area contributed by atoms with Gasteiger partial charge in [0.2, 0.25) is 10.0 Å². The largest absolute Gasteiger partial charge is 0.375 e. The zero-order chi connectivity index (χ0) is 15.3. The van der Waals surface area contributed by atoms with Crippen LogP contribution in [0.15, 0.2) is 41.1 Å². The third-order valence-corrected chi connectivity index (χ3v) is 5.15. The molecule has 0 fully saturated rings. The molecular weight excluding hydrogens is 306 g/mol. The number of benzene rings is 1. The number of aryl methyl sites for hydroxylation is 1. The van der Waals surface area contributed by atoms with Crippen LogP contribution in [0.1, 0.15) is 22.8 Å². The summed E-state index contributed by atoms with van der Waals surface area (Å²) in [6.07, 6.45) is -0.261. The van der Waals surface area contributed by atoms with E-state index in [9.17, 15) is 8.42 Å². The lowest BCUT2D eigenvalue weighted by Crippen LogP contribution is -2.30. The molecule has 2 aromatic rings. The Hall–Kier alpha value is -1.21. The first-order valence-electron chi connectivity index (χ1n) is 6.58. The van der Waals surface area contributed by atoms with Crippen LogP contribution in [0.25, 0.3) is 0 Å². The quantitative estimate of drug-likeness (QED) is 0.851. The first kappa shape index (κ1) is 16.2. The van der Waals surface area contributed by atoms with Gasteiger partial charge in [-0.15, -0.1) is 0 Å². The molecule has 0 saturated carbocycles. The standard InChI is InChI=1S/C15H19NO3S2/c1-12-4-3-5-13(8-12)11-21(17,18)16-9-15(19-2)14-6-7-20-10-14/h3-8,10,15-16H,9,11H2,1-2H3. The van der Waals surface area contributed by atoms with Crippen LogP contribution in [0, 0.1) is 6.92 Å². The fraction of sp³-hybridized carbons (Fsp3) is 0.333. The lowest BCUT2D eigenvalue weighted by atomic mass is 10.2. The molecule has 0 radical (unpaired) electrons. The van der Waals surface area contributed by atoms with Gasteiger partial charge in [0.25, 0.3) is 0 Å². The van der Waals surface area contributed by atoms with Crippen molar-refractivity contribution in [1.82, 2.24) is 4.72 Å². The normalized spacial score (nSPS) is 13.2. The number of rotatable bonds is 7. The van der Waals surface area contributed by atoms with Crippen molar-refractivity contribution in [1.29, 1.82) is 0 Å². The summed E-state index contributed by atoms with van der Waals surface area (Å²) in [5.74, 6) is -0.0191. The van der Waals surface area contributed by atoms with E-state index in [0.717, 1.165) is 16.7 Å². The van der Waals surface area contributed by atoms with Gasteiger partial charge in [0, 0.05) is 13.7 Å². The molecule has 114 valence electrons. The molecule has 1 heterocycles. The van der Waals surface area contributed by atoms with Crippen molar-refractivity contribution in [3.8, 4) is 0 Å². The van der Waals surface area contributed by atoms with Crippen molar-refractivity contribution in [2.75, 3.05) is 13.7 Å². The van der Waals surface area contributed by atoms with Gasteiger partial charge >= 0.3 is 0 Å². The summed E-state index contributed by atoms with van der Waals surface area (Å²) in [4.78, 5) is 0. The van der Waals surface area contributed by atoms with Crippen molar-refractivity contribution < 1.29 is 13.2 Å². The van der Waals surface area contributed by atoms with Crippen molar-refractivity contribution in [3.63, 3.8) is 0 Å². The first-order valence-corrected chi connectivity index (χ1v) is 9.17. The minimum atomic E-state index is -3.37. The Labute approximate surface area is 129 Å². The Morgan fingerprint density at radius 3 is 2.76 bits per heavy atom. The van der Waals surface area contributed by atoms with E-state index in [-0.39, 0.29) is 18.4 Å². The lowest BCUT2D eigenvalue weighted by Gasteiger charge is -2.15. The van der Waals surface area contributed by atoms with E-state index >= 15 is 0 Å². The van der Waals surface area contributed by atoms with Gasteiger partial charge in [0.1, 0.15) is 0 Å². The van der Waals surface area contributed by atoms with Gasteiger partial charge in [0.05, 0.1) is 11.9 Å². The highest BCUT2D eigenvalue weighted by Gasteiger charge is 2.16. The third kappa shape index (κ3) is 4.93. The molecule has 0 aliphatic heterocycles. The highest BCUT2D eigenvalue weighted by atomic mass is 32.2. The van der Waals surface area contributed by atoms with Crippen LogP contribution < -0.4 is 4.72 Å². The zero-order valence-electron chi connectivity index (χ0n) is 12.1. The summed E-state index contributed by atoms with van der Waals surface area (Å²) in [7, 11) is -1.79. The van der Waals surface area contributed by atoms with Crippen molar-refractivity contribution in [3.05, 3.63) is 57.8 Å². The van der Waals surface area contributed by atoms with Gasteiger partial charge in [-0.2, -0.15) is 11.3 Å². The molecule has 21 heavy (non-hydrogen) atoms. The number of methoxy groups -OCH3 is 1. The van der Waals surface area contributed by atoms with Gasteiger partial charge in [-0.3, -0.25) is 0 Å². The molecule has 1 aromatic carbocycles. The first-order chi connectivity index (χ1) is 10.00. The number of hydrogen-bond acceptors (Lipinski definition) is 4. The molecule has 4 nitrogen and oxygen atoms in total. The molecule has 1 unspecified atom stereocenters. The molecule has 6 heteroatoms. The van der Waals surface area contributed by atoms with Crippen molar-refractivity contribution in [2.24, 2.45) is 0 Å². The molecule has 0 aliphatic rings. The summed E-state index contributed by atoms with van der Waals surface area (Å²) in [5.41, 5.74) is 2.82. The Bertz CT molecular complexity index is 666. The summed E-state index contributed by atoms with van der Waals surface area (Å²) in [6, 6.07) is 9.45. The average molecular weight is 325 g/mol. The topological polar surface area (TPSA) is 55.4 Å². The van der Waals surface area contributed by atoms with Gasteiger partial charge in [0.15, 0.2) is 0 Å². The maximum Gasteiger partial charge on any atom is 0.215 e. The summed E-state index contributed by atoms with van der Waals surface area (Å²) < 4.78 is 32.2. The number of sulfonamides is 1. The SMILES string of the molecule is COC(CNS(=O)(=O)Cc1cccc(C)c1)c1ccsc1. The van der Waals surface area contributed by atoms with Crippen LogP contribution in [0.3, 0.4) is 0 Å². The van der Waals surface area contributed by atoms with Crippen LogP contribution >= 0.6 is 11.3 Å². The second-order valence-electron chi connectivity index (χ2n) is 4.88. The number of nitrogens with one attached hydrogen (secondary N) is 1. The maximum absolute atomic E-state index is 12.1. The fourth-order valence-corrected chi connectivity index (χ4v) is 3.90. The van der Waals surface area contributed by atoms with Gasteiger partial charge < -0.3 is 4.74 Å². The van der Waals surface area contributed by atoms with E-state index in [1.165, 1.54) is 0 Å². The monoisotopic (exact) mass is 325 g/mol. The van der Waals surface area contributed by atoms with E-state index in [0.29, 0.717) is 0 Å². The highest BCUT2D eigenvalue weighted by molar-refractivity contribution is 7.88. The number of ether oxygens (including phenoxy) is 1. The van der Waals surface area contributed by atoms with E-state index < -0.39 is 10.0 Å². The second kappa shape index (κ2) is 7.17. The van der Waals surface area contributed by atoms with Crippen LogP contribution in [-0.4, -0.2) is 22.1 Å².